The van der Waals surface area contributed by atoms with Crippen molar-refractivity contribution in [2.24, 2.45) is 0 Å². The van der Waals surface area contributed by atoms with Crippen LogP contribution in [0, 0.1) is 0 Å². The Bertz CT molecular complexity index is 356. The summed E-state index contributed by atoms with van der Waals surface area (Å²) in [5.41, 5.74) is -0.0285. The van der Waals surface area contributed by atoms with Crippen LogP contribution in [0.3, 0.4) is 0 Å². The summed E-state index contributed by atoms with van der Waals surface area (Å²) >= 11 is 0. The highest BCUT2D eigenvalue weighted by atomic mass is 16.3. The number of hydrogen-bond acceptors (Lipinski definition) is 4. The number of phenolic OH excluding ortho intramolecular Hbond substituents is 1. The molecule has 1 saturated heterocycles. The van der Waals surface area contributed by atoms with E-state index in [1.165, 1.54) is 0 Å². The highest BCUT2D eigenvalue weighted by Crippen LogP contribution is 2.23. The van der Waals surface area contributed by atoms with E-state index in [0.717, 1.165) is 31.7 Å². The topological polar surface area (TPSA) is 55.7 Å². The van der Waals surface area contributed by atoms with Crippen molar-refractivity contribution in [3.05, 3.63) is 29.8 Å². The maximum Gasteiger partial charge on any atom is 0.115 e. The van der Waals surface area contributed by atoms with Gasteiger partial charge in [-0.2, -0.15) is 0 Å². The Hall–Kier alpha value is -1.10. The summed E-state index contributed by atoms with van der Waals surface area (Å²) < 4.78 is 0. The number of hydrogen-bond donors (Lipinski definition) is 3. The first-order valence-electron chi connectivity index (χ1n) is 6.03. The molecule has 1 heterocycles. The first-order valence-corrected chi connectivity index (χ1v) is 6.03. The molecule has 1 fully saturated rings. The van der Waals surface area contributed by atoms with Crippen molar-refractivity contribution in [3.8, 4) is 5.75 Å². The van der Waals surface area contributed by atoms with Gasteiger partial charge in [0, 0.05) is 32.7 Å². The van der Waals surface area contributed by atoms with E-state index in [1.807, 2.05) is 6.92 Å². The van der Waals surface area contributed by atoms with Gasteiger partial charge >= 0.3 is 0 Å². The Morgan fingerprint density at radius 1 is 1.24 bits per heavy atom. The predicted molar refractivity (Wildman–Crippen MR) is 67.0 cm³/mol. The van der Waals surface area contributed by atoms with Gasteiger partial charge in [-0.15, -0.1) is 0 Å². The SMILES string of the molecule is CC(O)(CN1CCNCC1)c1ccc(O)cc1. The summed E-state index contributed by atoms with van der Waals surface area (Å²) in [6.07, 6.45) is 0. The molecule has 1 aliphatic rings. The fourth-order valence-electron chi connectivity index (χ4n) is 2.22. The molecule has 1 aliphatic heterocycles. The largest absolute Gasteiger partial charge is 0.508 e. The molecule has 0 bridgehead atoms. The summed E-state index contributed by atoms with van der Waals surface area (Å²) in [7, 11) is 0. The summed E-state index contributed by atoms with van der Waals surface area (Å²) in [4.78, 5) is 2.25. The lowest BCUT2D eigenvalue weighted by atomic mass is 9.95. The number of benzene rings is 1. The van der Waals surface area contributed by atoms with Crippen LogP contribution < -0.4 is 5.32 Å². The third kappa shape index (κ3) is 3.19. The molecule has 1 unspecified atom stereocenters. The number of piperazine rings is 1. The van der Waals surface area contributed by atoms with E-state index in [4.69, 9.17) is 0 Å². The van der Waals surface area contributed by atoms with Crippen LogP contribution in [0.1, 0.15) is 12.5 Å². The molecule has 3 N–H and O–H groups in total. The first-order chi connectivity index (χ1) is 8.08. The van der Waals surface area contributed by atoms with Crippen LogP contribution in [-0.4, -0.2) is 47.8 Å². The first kappa shape index (κ1) is 12.4. The van der Waals surface area contributed by atoms with E-state index in [1.54, 1.807) is 24.3 Å². The predicted octanol–water partition coefficient (Wildman–Crippen LogP) is 0.505. The van der Waals surface area contributed by atoms with Crippen LogP contribution in [-0.2, 0) is 5.60 Å². The Balaban J connectivity index is 2.04. The number of β-amino-alcohol motifs (C(OH)–C–C–N with tert-alkyl or cyclic N) is 1. The van der Waals surface area contributed by atoms with Gasteiger partial charge in [-0.1, -0.05) is 12.1 Å². The van der Waals surface area contributed by atoms with Gasteiger partial charge in [-0.3, -0.25) is 4.90 Å². The second-order valence-electron chi connectivity index (χ2n) is 4.85. The minimum Gasteiger partial charge on any atom is -0.508 e. The number of aliphatic hydroxyl groups is 1. The van der Waals surface area contributed by atoms with Crippen LogP contribution in [0.4, 0.5) is 0 Å². The smallest absolute Gasteiger partial charge is 0.115 e. The number of rotatable bonds is 3. The molecule has 1 aromatic carbocycles. The zero-order valence-corrected chi connectivity index (χ0v) is 10.2. The van der Waals surface area contributed by atoms with Gasteiger partial charge < -0.3 is 15.5 Å². The van der Waals surface area contributed by atoms with Gasteiger partial charge in [0.05, 0.1) is 5.60 Å². The molecule has 0 saturated carbocycles. The van der Waals surface area contributed by atoms with Crippen LogP contribution in [0.25, 0.3) is 0 Å². The highest BCUT2D eigenvalue weighted by molar-refractivity contribution is 5.29. The molecule has 1 atom stereocenters. The maximum absolute atomic E-state index is 10.5. The molecule has 0 aliphatic carbocycles. The van der Waals surface area contributed by atoms with E-state index in [2.05, 4.69) is 10.2 Å². The third-order valence-corrected chi connectivity index (χ3v) is 3.23. The molecule has 2 rings (SSSR count). The van der Waals surface area contributed by atoms with Crippen LogP contribution in [0.15, 0.2) is 24.3 Å². The average molecular weight is 236 g/mol. The Morgan fingerprint density at radius 2 is 1.82 bits per heavy atom. The van der Waals surface area contributed by atoms with Crippen molar-refractivity contribution in [1.29, 1.82) is 0 Å². The second kappa shape index (κ2) is 5.04. The summed E-state index contributed by atoms with van der Waals surface area (Å²) in [5.74, 6) is 0.228. The van der Waals surface area contributed by atoms with Crippen LogP contribution in [0.5, 0.6) is 5.75 Å². The molecule has 4 heteroatoms. The minimum absolute atomic E-state index is 0.228. The Labute approximate surface area is 102 Å². The van der Waals surface area contributed by atoms with Gasteiger partial charge in [0.1, 0.15) is 5.75 Å². The number of phenols is 1. The maximum atomic E-state index is 10.5. The molecule has 4 nitrogen and oxygen atoms in total. The lowest BCUT2D eigenvalue weighted by Crippen LogP contribution is -2.48. The Kier molecular flexibility index (Phi) is 3.66. The van der Waals surface area contributed by atoms with E-state index >= 15 is 0 Å². The van der Waals surface area contributed by atoms with Crippen molar-refractivity contribution in [2.75, 3.05) is 32.7 Å². The number of nitrogens with one attached hydrogen (secondary N) is 1. The van der Waals surface area contributed by atoms with Crippen molar-refractivity contribution in [1.82, 2.24) is 10.2 Å². The zero-order chi connectivity index (χ0) is 12.3. The molecule has 1 aromatic rings. The van der Waals surface area contributed by atoms with Gasteiger partial charge in [0.2, 0.25) is 0 Å². The van der Waals surface area contributed by atoms with Crippen molar-refractivity contribution in [2.45, 2.75) is 12.5 Å². The summed E-state index contributed by atoms with van der Waals surface area (Å²) in [5, 5.41) is 23.0. The van der Waals surface area contributed by atoms with Gasteiger partial charge in [0.15, 0.2) is 0 Å². The van der Waals surface area contributed by atoms with E-state index in [0.29, 0.717) is 6.54 Å². The zero-order valence-electron chi connectivity index (χ0n) is 10.2. The molecular weight excluding hydrogens is 216 g/mol. The Morgan fingerprint density at radius 3 is 2.41 bits per heavy atom. The molecular formula is C13H20N2O2. The molecule has 0 amide bonds. The number of aromatic hydroxyl groups is 1. The van der Waals surface area contributed by atoms with E-state index in [-0.39, 0.29) is 5.75 Å². The van der Waals surface area contributed by atoms with Crippen molar-refractivity contribution >= 4 is 0 Å². The van der Waals surface area contributed by atoms with Gasteiger partial charge in [-0.05, 0) is 24.6 Å². The van der Waals surface area contributed by atoms with Crippen molar-refractivity contribution < 1.29 is 10.2 Å². The fraction of sp³-hybridized carbons (Fsp3) is 0.538. The molecule has 0 radical (unpaired) electrons. The lowest BCUT2D eigenvalue weighted by Gasteiger charge is -2.34. The van der Waals surface area contributed by atoms with Gasteiger partial charge in [0.25, 0.3) is 0 Å². The van der Waals surface area contributed by atoms with Crippen LogP contribution in [0.2, 0.25) is 0 Å². The number of nitrogens with zero attached hydrogens (tertiary/aromatic N) is 1. The van der Waals surface area contributed by atoms with Crippen molar-refractivity contribution in [3.63, 3.8) is 0 Å². The van der Waals surface area contributed by atoms with E-state index < -0.39 is 5.60 Å². The quantitative estimate of drug-likeness (QED) is 0.715. The minimum atomic E-state index is -0.870. The monoisotopic (exact) mass is 236 g/mol. The molecule has 0 spiro atoms. The second-order valence-corrected chi connectivity index (χ2v) is 4.85. The lowest BCUT2D eigenvalue weighted by molar-refractivity contribution is 0.0126. The standard InChI is InChI=1S/C13H20N2O2/c1-13(17,10-15-8-6-14-7-9-15)11-2-4-12(16)5-3-11/h2-5,14,16-17H,6-10H2,1H3. The van der Waals surface area contributed by atoms with Crippen LogP contribution >= 0.6 is 0 Å². The molecule has 94 valence electrons. The third-order valence-electron chi connectivity index (χ3n) is 3.23. The van der Waals surface area contributed by atoms with Gasteiger partial charge in [-0.25, -0.2) is 0 Å². The molecule has 0 aromatic heterocycles. The average Bonchev–Trinajstić information content (AvgIpc) is 2.30. The summed E-state index contributed by atoms with van der Waals surface area (Å²) in [6, 6.07) is 6.78. The normalized spacial score (nSPS) is 21.1. The fourth-order valence-corrected chi connectivity index (χ4v) is 2.22. The summed E-state index contributed by atoms with van der Waals surface area (Å²) in [6.45, 7) is 6.33. The molecule has 17 heavy (non-hydrogen) atoms. The van der Waals surface area contributed by atoms with E-state index in [9.17, 15) is 10.2 Å². The highest BCUT2D eigenvalue weighted by Gasteiger charge is 2.26.